The molecule has 1 aromatic rings. The molecule has 18 heavy (non-hydrogen) atoms. The standard InChI is InChI=1S/C13H16F3NO/c1-4-5-10(3)17-12-7-6-11(8-9(12)2)18-13(14,15)16/h6-8H,4-5H2,1-3H3. The third kappa shape index (κ3) is 4.77. The Labute approximate surface area is 104 Å². The van der Waals surface area contributed by atoms with Crippen molar-refractivity contribution in [3.8, 4) is 5.75 Å². The van der Waals surface area contributed by atoms with Gasteiger partial charge in [-0.1, -0.05) is 13.3 Å². The summed E-state index contributed by atoms with van der Waals surface area (Å²) in [5.41, 5.74) is 2.30. The Morgan fingerprint density at radius 1 is 1.33 bits per heavy atom. The molecule has 0 aromatic heterocycles. The van der Waals surface area contributed by atoms with Crippen LogP contribution in [0.4, 0.5) is 18.9 Å². The number of halogens is 3. The SMILES string of the molecule is CCCC(C)=Nc1ccc(OC(F)(F)F)cc1C. The minimum atomic E-state index is -4.66. The number of hydrogen-bond acceptors (Lipinski definition) is 2. The van der Waals surface area contributed by atoms with Gasteiger partial charge in [-0.3, -0.25) is 4.99 Å². The maximum Gasteiger partial charge on any atom is 0.573 e. The van der Waals surface area contributed by atoms with Crippen molar-refractivity contribution in [1.29, 1.82) is 0 Å². The van der Waals surface area contributed by atoms with Crippen molar-refractivity contribution in [1.82, 2.24) is 0 Å². The highest BCUT2D eigenvalue weighted by atomic mass is 19.4. The summed E-state index contributed by atoms with van der Waals surface area (Å²) in [5, 5.41) is 0. The second-order valence-corrected chi connectivity index (χ2v) is 4.09. The topological polar surface area (TPSA) is 21.6 Å². The first kappa shape index (κ1) is 14.5. The van der Waals surface area contributed by atoms with Gasteiger partial charge >= 0.3 is 6.36 Å². The lowest BCUT2D eigenvalue weighted by atomic mass is 10.2. The molecular weight excluding hydrogens is 243 g/mol. The van der Waals surface area contributed by atoms with Crippen molar-refractivity contribution >= 4 is 11.4 Å². The van der Waals surface area contributed by atoms with E-state index >= 15 is 0 Å². The number of aliphatic imine (C=N–C) groups is 1. The maximum atomic E-state index is 12.0. The molecule has 0 radical (unpaired) electrons. The van der Waals surface area contributed by atoms with Gasteiger partial charge < -0.3 is 4.74 Å². The molecule has 0 aliphatic heterocycles. The zero-order valence-electron chi connectivity index (χ0n) is 10.6. The molecule has 1 rings (SSSR count). The van der Waals surface area contributed by atoms with E-state index in [0.29, 0.717) is 11.3 Å². The zero-order valence-corrected chi connectivity index (χ0v) is 10.6. The van der Waals surface area contributed by atoms with E-state index in [2.05, 4.69) is 9.73 Å². The number of hydrogen-bond donors (Lipinski definition) is 0. The summed E-state index contributed by atoms with van der Waals surface area (Å²) in [6.07, 6.45) is -2.79. The molecule has 0 saturated heterocycles. The molecular formula is C13H16F3NO. The van der Waals surface area contributed by atoms with Crippen LogP contribution in [0.1, 0.15) is 32.3 Å². The lowest BCUT2D eigenvalue weighted by Gasteiger charge is -2.10. The molecule has 0 aliphatic rings. The molecule has 0 heterocycles. The van der Waals surface area contributed by atoms with Crippen molar-refractivity contribution in [2.45, 2.75) is 40.0 Å². The van der Waals surface area contributed by atoms with Gasteiger partial charge in [0.25, 0.3) is 0 Å². The van der Waals surface area contributed by atoms with Crippen molar-refractivity contribution in [2.75, 3.05) is 0 Å². The lowest BCUT2D eigenvalue weighted by Crippen LogP contribution is -2.17. The monoisotopic (exact) mass is 259 g/mol. The highest BCUT2D eigenvalue weighted by Crippen LogP contribution is 2.28. The van der Waals surface area contributed by atoms with Crippen LogP contribution in [0.15, 0.2) is 23.2 Å². The van der Waals surface area contributed by atoms with Crippen LogP contribution in [0.2, 0.25) is 0 Å². The van der Waals surface area contributed by atoms with Crippen LogP contribution < -0.4 is 4.74 Å². The zero-order chi connectivity index (χ0) is 13.8. The van der Waals surface area contributed by atoms with E-state index in [4.69, 9.17) is 0 Å². The molecule has 0 amide bonds. The van der Waals surface area contributed by atoms with Crippen LogP contribution in [-0.4, -0.2) is 12.1 Å². The first-order valence-electron chi connectivity index (χ1n) is 5.72. The van der Waals surface area contributed by atoms with Gasteiger partial charge in [0.15, 0.2) is 0 Å². The van der Waals surface area contributed by atoms with E-state index in [9.17, 15) is 13.2 Å². The molecule has 0 spiro atoms. The quantitative estimate of drug-likeness (QED) is 0.712. The van der Waals surface area contributed by atoms with Gasteiger partial charge in [0.1, 0.15) is 5.75 Å². The molecule has 100 valence electrons. The number of benzene rings is 1. The second kappa shape index (κ2) is 5.89. The average Bonchev–Trinajstić information content (AvgIpc) is 2.20. The number of alkyl halides is 3. The minimum absolute atomic E-state index is 0.216. The molecule has 0 fully saturated rings. The first-order valence-corrected chi connectivity index (χ1v) is 5.72. The van der Waals surface area contributed by atoms with Crippen LogP contribution in [0.5, 0.6) is 5.75 Å². The van der Waals surface area contributed by atoms with E-state index in [0.717, 1.165) is 18.6 Å². The maximum absolute atomic E-state index is 12.0. The molecule has 0 aliphatic carbocycles. The fraction of sp³-hybridized carbons (Fsp3) is 0.462. The van der Waals surface area contributed by atoms with E-state index in [1.807, 2.05) is 13.8 Å². The lowest BCUT2D eigenvalue weighted by molar-refractivity contribution is -0.274. The molecule has 0 unspecified atom stereocenters. The van der Waals surface area contributed by atoms with Crippen LogP contribution in [0.25, 0.3) is 0 Å². The second-order valence-electron chi connectivity index (χ2n) is 4.09. The van der Waals surface area contributed by atoms with Gasteiger partial charge in [0.05, 0.1) is 5.69 Å². The summed E-state index contributed by atoms with van der Waals surface area (Å²) in [7, 11) is 0. The Morgan fingerprint density at radius 3 is 2.50 bits per heavy atom. The van der Waals surface area contributed by atoms with Gasteiger partial charge in [-0.15, -0.1) is 13.2 Å². The molecule has 1 aromatic carbocycles. The van der Waals surface area contributed by atoms with Gasteiger partial charge in [0, 0.05) is 5.71 Å². The Bertz CT molecular complexity index is 438. The van der Waals surface area contributed by atoms with Crippen LogP contribution in [0.3, 0.4) is 0 Å². The Morgan fingerprint density at radius 2 is 2.00 bits per heavy atom. The van der Waals surface area contributed by atoms with Crippen molar-refractivity contribution < 1.29 is 17.9 Å². The predicted octanol–water partition coefficient (Wildman–Crippen LogP) is 4.79. The summed E-state index contributed by atoms with van der Waals surface area (Å²) in [6.45, 7) is 5.66. The minimum Gasteiger partial charge on any atom is -0.406 e. The van der Waals surface area contributed by atoms with Crippen molar-refractivity contribution in [3.05, 3.63) is 23.8 Å². The van der Waals surface area contributed by atoms with E-state index in [1.165, 1.54) is 18.2 Å². The Balaban J connectivity index is 2.89. The molecule has 5 heteroatoms. The Hall–Kier alpha value is -1.52. The normalized spacial score (nSPS) is 12.7. The summed E-state index contributed by atoms with van der Waals surface area (Å²) >= 11 is 0. The molecule has 0 saturated carbocycles. The number of aryl methyl sites for hydroxylation is 1. The van der Waals surface area contributed by atoms with Crippen LogP contribution in [-0.2, 0) is 0 Å². The van der Waals surface area contributed by atoms with Crippen molar-refractivity contribution in [2.24, 2.45) is 4.99 Å². The van der Waals surface area contributed by atoms with Gasteiger partial charge in [-0.2, -0.15) is 0 Å². The number of nitrogens with zero attached hydrogens (tertiary/aromatic N) is 1. The van der Waals surface area contributed by atoms with E-state index in [1.54, 1.807) is 6.92 Å². The molecule has 2 nitrogen and oxygen atoms in total. The van der Waals surface area contributed by atoms with E-state index in [-0.39, 0.29) is 5.75 Å². The fourth-order valence-corrected chi connectivity index (χ4v) is 1.57. The molecule has 0 N–H and O–H groups in total. The molecule has 0 bridgehead atoms. The van der Waals surface area contributed by atoms with Crippen LogP contribution >= 0.6 is 0 Å². The first-order chi connectivity index (χ1) is 8.31. The largest absolute Gasteiger partial charge is 0.573 e. The van der Waals surface area contributed by atoms with Gasteiger partial charge in [-0.25, -0.2) is 0 Å². The number of ether oxygens (including phenoxy) is 1. The summed E-state index contributed by atoms with van der Waals surface area (Å²) in [5.74, 6) is -0.216. The predicted molar refractivity (Wildman–Crippen MR) is 65.5 cm³/mol. The summed E-state index contributed by atoms with van der Waals surface area (Å²) in [6, 6.07) is 4.15. The molecule has 0 atom stereocenters. The Kier molecular flexibility index (Phi) is 4.76. The van der Waals surface area contributed by atoms with Gasteiger partial charge in [0.2, 0.25) is 0 Å². The van der Waals surface area contributed by atoms with E-state index < -0.39 is 6.36 Å². The summed E-state index contributed by atoms with van der Waals surface area (Å²) in [4.78, 5) is 4.37. The summed E-state index contributed by atoms with van der Waals surface area (Å²) < 4.78 is 39.9. The third-order valence-electron chi connectivity index (χ3n) is 2.32. The van der Waals surface area contributed by atoms with Crippen molar-refractivity contribution in [3.63, 3.8) is 0 Å². The fourth-order valence-electron chi connectivity index (χ4n) is 1.57. The number of rotatable bonds is 4. The highest BCUT2D eigenvalue weighted by Gasteiger charge is 2.31. The highest BCUT2D eigenvalue weighted by molar-refractivity contribution is 5.84. The average molecular weight is 259 g/mol. The third-order valence-corrected chi connectivity index (χ3v) is 2.32. The van der Waals surface area contributed by atoms with Crippen LogP contribution in [0, 0.1) is 6.92 Å². The van der Waals surface area contributed by atoms with Gasteiger partial charge in [-0.05, 0) is 44.0 Å². The smallest absolute Gasteiger partial charge is 0.406 e.